The number of aryl methyl sites for hydroxylation is 1. The molecule has 1 aliphatic rings. The van der Waals surface area contributed by atoms with Gasteiger partial charge in [0.25, 0.3) is 0 Å². The Morgan fingerprint density at radius 2 is 2.12 bits per heavy atom. The summed E-state index contributed by atoms with van der Waals surface area (Å²) in [6.07, 6.45) is 5.66. The van der Waals surface area contributed by atoms with Crippen LogP contribution in [0.2, 0.25) is 0 Å². The van der Waals surface area contributed by atoms with E-state index in [-0.39, 0.29) is 0 Å². The molecule has 16 heavy (non-hydrogen) atoms. The van der Waals surface area contributed by atoms with Gasteiger partial charge in [0.1, 0.15) is 0 Å². The number of ether oxygens (including phenoxy) is 1. The summed E-state index contributed by atoms with van der Waals surface area (Å²) in [6.45, 7) is 6.49. The Labute approximate surface area is 97.4 Å². The van der Waals surface area contributed by atoms with E-state index in [1.165, 1.54) is 31.5 Å². The minimum absolute atomic E-state index is 0.743. The molecular weight excluding hydrogens is 200 g/mol. The van der Waals surface area contributed by atoms with Gasteiger partial charge in [-0.1, -0.05) is 6.07 Å². The molecular formula is C13H20N2O. The first-order valence-electron chi connectivity index (χ1n) is 6.12. The van der Waals surface area contributed by atoms with E-state index in [0.29, 0.717) is 0 Å². The van der Waals surface area contributed by atoms with Gasteiger partial charge in [-0.2, -0.15) is 0 Å². The van der Waals surface area contributed by atoms with E-state index in [0.717, 1.165) is 25.5 Å². The summed E-state index contributed by atoms with van der Waals surface area (Å²) in [4.78, 5) is 6.72. The molecule has 0 amide bonds. The Morgan fingerprint density at radius 3 is 2.81 bits per heavy atom. The lowest BCUT2D eigenvalue weighted by molar-refractivity contribution is 0.257. The average molecular weight is 220 g/mol. The van der Waals surface area contributed by atoms with Crippen molar-refractivity contribution < 1.29 is 4.74 Å². The van der Waals surface area contributed by atoms with Crippen molar-refractivity contribution in [2.75, 3.05) is 26.2 Å². The minimum Gasteiger partial charge on any atom is -0.478 e. The maximum Gasteiger partial charge on any atom is 0.213 e. The van der Waals surface area contributed by atoms with Crippen LogP contribution in [0.3, 0.4) is 0 Å². The van der Waals surface area contributed by atoms with Gasteiger partial charge in [-0.25, -0.2) is 4.98 Å². The van der Waals surface area contributed by atoms with E-state index in [1.54, 1.807) is 0 Å². The lowest BCUT2D eigenvalue weighted by atomic mass is 10.3. The van der Waals surface area contributed by atoms with Crippen LogP contribution in [0, 0.1) is 6.92 Å². The highest BCUT2D eigenvalue weighted by atomic mass is 16.5. The normalized spacial score (nSPS) is 16.6. The van der Waals surface area contributed by atoms with Gasteiger partial charge in [0.15, 0.2) is 0 Å². The van der Waals surface area contributed by atoms with Gasteiger partial charge in [-0.15, -0.1) is 0 Å². The number of aromatic nitrogens is 1. The van der Waals surface area contributed by atoms with Crippen molar-refractivity contribution in [3.8, 4) is 5.88 Å². The summed E-state index contributed by atoms with van der Waals surface area (Å²) in [5, 5.41) is 0. The second-order valence-electron chi connectivity index (χ2n) is 4.42. The Kier molecular flexibility index (Phi) is 4.17. The second kappa shape index (κ2) is 5.85. The fraction of sp³-hybridized carbons (Fsp3) is 0.615. The zero-order chi connectivity index (χ0) is 11.2. The van der Waals surface area contributed by atoms with Crippen molar-refractivity contribution in [3.05, 3.63) is 23.9 Å². The molecule has 3 heteroatoms. The standard InChI is InChI=1S/C13H20N2O/c1-12-5-6-13(14-11-12)16-10-4-9-15-7-2-3-8-15/h5-6,11H,2-4,7-10H2,1H3. The van der Waals surface area contributed by atoms with Crippen molar-refractivity contribution in [3.63, 3.8) is 0 Å². The third-order valence-electron chi connectivity index (χ3n) is 2.95. The Hall–Kier alpha value is -1.09. The van der Waals surface area contributed by atoms with Crippen LogP contribution in [0.4, 0.5) is 0 Å². The zero-order valence-electron chi connectivity index (χ0n) is 9.98. The Balaban J connectivity index is 1.62. The van der Waals surface area contributed by atoms with E-state index >= 15 is 0 Å². The minimum atomic E-state index is 0.743. The van der Waals surface area contributed by atoms with Gasteiger partial charge < -0.3 is 9.64 Å². The molecule has 0 radical (unpaired) electrons. The fourth-order valence-corrected chi connectivity index (χ4v) is 2.01. The molecule has 0 saturated carbocycles. The van der Waals surface area contributed by atoms with Gasteiger partial charge in [-0.05, 0) is 44.8 Å². The summed E-state index contributed by atoms with van der Waals surface area (Å²) in [5.74, 6) is 0.743. The summed E-state index contributed by atoms with van der Waals surface area (Å²) in [6, 6.07) is 3.97. The molecule has 3 nitrogen and oxygen atoms in total. The molecule has 1 fully saturated rings. The molecule has 0 spiro atoms. The van der Waals surface area contributed by atoms with Gasteiger partial charge in [-0.3, -0.25) is 0 Å². The highest BCUT2D eigenvalue weighted by Gasteiger charge is 2.10. The number of nitrogens with zero attached hydrogens (tertiary/aromatic N) is 2. The molecule has 0 aromatic carbocycles. The van der Waals surface area contributed by atoms with Crippen LogP contribution in [0.25, 0.3) is 0 Å². The fourth-order valence-electron chi connectivity index (χ4n) is 2.01. The third kappa shape index (κ3) is 3.49. The van der Waals surface area contributed by atoms with Gasteiger partial charge >= 0.3 is 0 Å². The molecule has 88 valence electrons. The summed E-state index contributed by atoms with van der Waals surface area (Å²) >= 11 is 0. The maximum atomic E-state index is 5.58. The lowest BCUT2D eigenvalue weighted by Gasteiger charge is -2.14. The summed E-state index contributed by atoms with van der Waals surface area (Å²) in [7, 11) is 0. The summed E-state index contributed by atoms with van der Waals surface area (Å²) in [5.41, 5.74) is 1.17. The van der Waals surface area contributed by atoms with Crippen molar-refractivity contribution in [1.82, 2.24) is 9.88 Å². The molecule has 2 rings (SSSR count). The van der Waals surface area contributed by atoms with Gasteiger partial charge in [0, 0.05) is 18.8 Å². The molecule has 1 aliphatic heterocycles. The molecule has 0 N–H and O–H groups in total. The monoisotopic (exact) mass is 220 g/mol. The van der Waals surface area contributed by atoms with Crippen LogP contribution in [0.15, 0.2) is 18.3 Å². The molecule has 0 unspecified atom stereocenters. The van der Waals surface area contributed by atoms with E-state index in [9.17, 15) is 0 Å². The third-order valence-corrected chi connectivity index (χ3v) is 2.95. The van der Waals surface area contributed by atoms with E-state index < -0.39 is 0 Å². The molecule has 0 bridgehead atoms. The highest BCUT2D eigenvalue weighted by Crippen LogP contribution is 2.09. The zero-order valence-corrected chi connectivity index (χ0v) is 9.98. The van der Waals surface area contributed by atoms with Crippen LogP contribution in [-0.2, 0) is 0 Å². The van der Waals surface area contributed by atoms with Crippen LogP contribution < -0.4 is 4.74 Å². The first-order valence-corrected chi connectivity index (χ1v) is 6.12. The van der Waals surface area contributed by atoms with Crippen molar-refractivity contribution in [2.45, 2.75) is 26.2 Å². The molecule has 1 aromatic rings. The topological polar surface area (TPSA) is 25.4 Å². The number of pyridine rings is 1. The van der Waals surface area contributed by atoms with Crippen LogP contribution in [0.1, 0.15) is 24.8 Å². The largest absolute Gasteiger partial charge is 0.478 e. The van der Waals surface area contributed by atoms with Crippen LogP contribution in [0.5, 0.6) is 5.88 Å². The van der Waals surface area contributed by atoms with E-state index in [2.05, 4.69) is 9.88 Å². The van der Waals surface area contributed by atoms with E-state index in [1.807, 2.05) is 25.3 Å². The van der Waals surface area contributed by atoms with E-state index in [4.69, 9.17) is 4.74 Å². The Morgan fingerprint density at radius 1 is 1.31 bits per heavy atom. The maximum absolute atomic E-state index is 5.58. The van der Waals surface area contributed by atoms with Crippen molar-refractivity contribution in [1.29, 1.82) is 0 Å². The average Bonchev–Trinajstić information content (AvgIpc) is 2.80. The van der Waals surface area contributed by atoms with Crippen molar-refractivity contribution in [2.24, 2.45) is 0 Å². The number of hydrogen-bond acceptors (Lipinski definition) is 3. The highest BCUT2D eigenvalue weighted by molar-refractivity contribution is 5.16. The molecule has 1 saturated heterocycles. The van der Waals surface area contributed by atoms with Gasteiger partial charge in [0.05, 0.1) is 6.61 Å². The molecule has 0 aliphatic carbocycles. The van der Waals surface area contributed by atoms with Crippen LogP contribution >= 0.6 is 0 Å². The SMILES string of the molecule is Cc1ccc(OCCCN2CCCC2)nc1. The van der Waals surface area contributed by atoms with Crippen LogP contribution in [-0.4, -0.2) is 36.1 Å². The first kappa shape index (κ1) is 11.4. The second-order valence-corrected chi connectivity index (χ2v) is 4.42. The quantitative estimate of drug-likeness (QED) is 0.712. The first-order chi connectivity index (χ1) is 7.84. The number of likely N-dealkylation sites (tertiary alicyclic amines) is 1. The Bertz CT molecular complexity index is 304. The molecule has 1 aromatic heterocycles. The van der Waals surface area contributed by atoms with Crippen molar-refractivity contribution >= 4 is 0 Å². The number of hydrogen-bond donors (Lipinski definition) is 0. The smallest absolute Gasteiger partial charge is 0.213 e. The lowest BCUT2D eigenvalue weighted by Crippen LogP contribution is -2.21. The molecule has 2 heterocycles. The molecule has 0 atom stereocenters. The van der Waals surface area contributed by atoms with Gasteiger partial charge in [0.2, 0.25) is 5.88 Å². The number of rotatable bonds is 5. The summed E-state index contributed by atoms with van der Waals surface area (Å²) < 4.78 is 5.58. The predicted octanol–water partition coefficient (Wildman–Crippen LogP) is 2.25. The predicted molar refractivity (Wildman–Crippen MR) is 64.8 cm³/mol.